The van der Waals surface area contributed by atoms with Crippen molar-refractivity contribution in [3.8, 4) is 0 Å². The van der Waals surface area contributed by atoms with Crippen LogP contribution in [0, 0.1) is 0 Å². The fraction of sp³-hybridized carbons (Fsp3) is 0.500. The second-order valence-electron chi connectivity index (χ2n) is 3.38. The Labute approximate surface area is 93.4 Å². The summed E-state index contributed by atoms with van der Waals surface area (Å²) in [4.78, 5) is 18.4. The van der Waals surface area contributed by atoms with E-state index in [9.17, 15) is 9.90 Å². The number of nitrogens with zero attached hydrogens (tertiary/aromatic N) is 2. The van der Waals surface area contributed by atoms with Gasteiger partial charge in [0.15, 0.2) is 0 Å². The normalized spacial score (nSPS) is 12.4. The summed E-state index contributed by atoms with van der Waals surface area (Å²) >= 11 is 0. The monoisotopic (exact) mass is 225 g/mol. The first-order valence-corrected chi connectivity index (χ1v) is 5.06. The Morgan fingerprint density at radius 3 is 3.00 bits per heavy atom. The van der Waals surface area contributed by atoms with Gasteiger partial charge in [-0.25, -0.2) is 14.8 Å². The maximum absolute atomic E-state index is 10.8. The first kappa shape index (κ1) is 12.5. The standard InChI is InChI=1S/C10H15N3O3/c1-2-7(14)3-11-5-9-8(10(15)16)4-12-6-13-9/h4,6-7,11,14H,2-3,5H2,1H3,(H,15,16). The fourth-order valence-corrected chi connectivity index (χ4v) is 1.18. The highest BCUT2D eigenvalue weighted by Gasteiger charge is 2.11. The Balaban J connectivity index is 2.56. The molecule has 0 aromatic carbocycles. The number of aromatic carboxylic acids is 1. The lowest BCUT2D eigenvalue weighted by atomic mass is 10.2. The third kappa shape index (κ3) is 3.56. The van der Waals surface area contributed by atoms with Gasteiger partial charge in [-0.15, -0.1) is 0 Å². The quantitative estimate of drug-likeness (QED) is 0.632. The van der Waals surface area contributed by atoms with Crippen molar-refractivity contribution in [3.63, 3.8) is 0 Å². The molecule has 1 aromatic heterocycles. The molecule has 1 rings (SSSR count). The molecule has 1 unspecified atom stereocenters. The Morgan fingerprint density at radius 1 is 1.62 bits per heavy atom. The van der Waals surface area contributed by atoms with E-state index in [1.165, 1.54) is 12.5 Å². The zero-order chi connectivity index (χ0) is 12.0. The molecule has 1 aromatic rings. The van der Waals surface area contributed by atoms with E-state index in [-0.39, 0.29) is 5.56 Å². The number of carbonyl (C=O) groups is 1. The van der Waals surface area contributed by atoms with E-state index < -0.39 is 12.1 Å². The second kappa shape index (κ2) is 6.14. The Morgan fingerprint density at radius 2 is 2.38 bits per heavy atom. The van der Waals surface area contributed by atoms with Gasteiger partial charge in [0.1, 0.15) is 11.9 Å². The van der Waals surface area contributed by atoms with Gasteiger partial charge in [0.25, 0.3) is 0 Å². The maximum Gasteiger partial charge on any atom is 0.339 e. The molecule has 0 saturated carbocycles. The van der Waals surface area contributed by atoms with Crippen LogP contribution < -0.4 is 5.32 Å². The van der Waals surface area contributed by atoms with Gasteiger partial charge in [-0.05, 0) is 6.42 Å². The average molecular weight is 225 g/mol. The summed E-state index contributed by atoms with van der Waals surface area (Å²) in [5.41, 5.74) is 0.506. The van der Waals surface area contributed by atoms with Crippen LogP contribution in [0.2, 0.25) is 0 Å². The molecule has 0 radical (unpaired) electrons. The lowest BCUT2D eigenvalue weighted by molar-refractivity contribution is 0.0694. The van der Waals surface area contributed by atoms with E-state index in [4.69, 9.17) is 5.11 Å². The average Bonchev–Trinajstić information content (AvgIpc) is 2.29. The molecule has 1 atom stereocenters. The summed E-state index contributed by atoms with van der Waals surface area (Å²) in [7, 11) is 0. The van der Waals surface area contributed by atoms with E-state index in [2.05, 4.69) is 15.3 Å². The topological polar surface area (TPSA) is 95.3 Å². The van der Waals surface area contributed by atoms with Gasteiger partial charge >= 0.3 is 5.97 Å². The summed E-state index contributed by atoms with van der Waals surface area (Å²) in [5.74, 6) is -1.05. The Bertz CT molecular complexity index is 357. The zero-order valence-electron chi connectivity index (χ0n) is 9.05. The summed E-state index contributed by atoms with van der Waals surface area (Å²) in [6.45, 7) is 2.60. The van der Waals surface area contributed by atoms with Crippen molar-refractivity contribution in [1.29, 1.82) is 0 Å². The number of hydrogen-bond donors (Lipinski definition) is 3. The first-order chi connectivity index (χ1) is 7.65. The van der Waals surface area contributed by atoms with E-state index >= 15 is 0 Å². The summed E-state index contributed by atoms with van der Waals surface area (Å²) in [6.07, 6.45) is 2.81. The van der Waals surface area contributed by atoms with E-state index in [0.29, 0.717) is 25.2 Å². The molecule has 6 heteroatoms. The fourth-order valence-electron chi connectivity index (χ4n) is 1.18. The van der Waals surface area contributed by atoms with Gasteiger partial charge in [-0.1, -0.05) is 6.92 Å². The molecule has 16 heavy (non-hydrogen) atoms. The molecule has 1 heterocycles. The molecule has 0 fully saturated rings. The lowest BCUT2D eigenvalue weighted by Crippen LogP contribution is -2.27. The molecule has 0 aliphatic heterocycles. The molecule has 0 saturated heterocycles. The SMILES string of the molecule is CCC(O)CNCc1ncncc1C(=O)O. The maximum atomic E-state index is 10.8. The minimum absolute atomic E-state index is 0.0842. The van der Waals surface area contributed by atoms with Crippen LogP contribution in [0.4, 0.5) is 0 Å². The van der Waals surface area contributed by atoms with Crippen molar-refractivity contribution in [2.75, 3.05) is 6.54 Å². The number of carboxylic acids is 1. The van der Waals surface area contributed by atoms with Crippen molar-refractivity contribution in [1.82, 2.24) is 15.3 Å². The van der Waals surface area contributed by atoms with Crippen LogP contribution in [0.15, 0.2) is 12.5 Å². The highest BCUT2D eigenvalue weighted by molar-refractivity contribution is 5.88. The second-order valence-corrected chi connectivity index (χ2v) is 3.38. The van der Waals surface area contributed by atoms with E-state index in [0.717, 1.165) is 0 Å². The number of aromatic nitrogens is 2. The number of aliphatic hydroxyl groups is 1. The van der Waals surface area contributed by atoms with Crippen molar-refractivity contribution in [2.24, 2.45) is 0 Å². The van der Waals surface area contributed by atoms with Crippen molar-refractivity contribution >= 4 is 5.97 Å². The van der Waals surface area contributed by atoms with Gasteiger partial charge in [0, 0.05) is 19.3 Å². The number of carboxylic acid groups (broad SMARTS) is 1. The molecule has 6 nitrogen and oxygen atoms in total. The van der Waals surface area contributed by atoms with E-state index in [1.54, 1.807) is 0 Å². The molecule has 0 spiro atoms. The van der Waals surface area contributed by atoms with E-state index in [1.807, 2.05) is 6.92 Å². The van der Waals surface area contributed by atoms with Gasteiger partial charge in [0.2, 0.25) is 0 Å². The Kier molecular flexibility index (Phi) is 4.81. The van der Waals surface area contributed by atoms with Gasteiger partial charge < -0.3 is 15.5 Å². The highest BCUT2D eigenvalue weighted by atomic mass is 16.4. The lowest BCUT2D eigenvalue weighted by Gasteiger charge is -2.09. The minimum atomic E-state index is -1.05. The predicted molar refractivity (Wildman–Crippen MR) is 57.0 cm³/mol. The van der Waals surface area contributed by atoms with Gasteiger partial charge in [0.05, 0.1) is 11.8 Å². The van der Waals surface area contributed by atoms with Crippen molar-refractivity contribution in [3.05, 3.63) is 23.8 Å². The first-order valence-electron chi connectivity index (χ1n) is 5.06. The molecule has 0 aliphatic carbocycles. The summed E-state index contributed by atoms with van der Waals surface area (Å²) in [6, 6.07) is 0. The van der Waals surface area contributed by atoms with Gasteiger partial charge in [-0.3, -0.25) is 0 Å². The number of nitrogens with one attached hydrogen (secondary N) is 1. The predicted octanol–water partition coefficient (Wildman–Crippen LogP) is 0.0353. The molecule has 0 aliphatic rings. The smallest absolute Gasteiger partial charge is 0.339 e. The Hall–Kier alpha value is -1.53. The minimum Gasteiger partial charge on any atom is -0.478 e. The highest BCUT2D eigenvalue weighted by Crippen LogP contribution is 2.03. The van der Waals surface area contributed by atoms with Crippen LogP contribution in [0.1, 0.15) is 29.4 Å². The van der Waals surface area contributed by atoms with Crippen molar-refractivity contribution < 1.29 is 15.0 Å². The van der Waals surface area contributed by atoms with Crippen LogP contribution >= 0.6 is 0 Å². The molecular weight excluding hydrogens is 210 g/mol. The van der Waals surface area contributed by atoms with Crippen LogP contribution in [0.25, 0.3) is 0 Å². The molecule has 0 bridgehead atoms. The number of rotatable bonds is 6. The van der Waals surface area contributed by atoms with Gasteiger partial charge in [-0.2, -0.15) is 0 Å². The third-order valence-corrected chi connectivity index (χ3v) is 2.17. The number of hydrogen-bond acceptors (Lipinski definition) is 5. The van der Waals surface area contributed by atoms with Crippen LogP contribution in [0.3, 0.4) is 0 Å². The van der Waals surface area contributed by atoms with Crippen LogP contribution in [-0.2, 0) is 6.54 Å². The largest absolute Gasteiger partial charge is 0.478 e. The number of aliphatic hydroxyl groups excluding tert-OH is 1. The summed E-state index contributed by atoms with van der Waals surface area (Å²) in [5, 5.41) is 21.1. The van der Waals surface area contributed by atoms with Crippen molar-refractivity contribution in [2.45, 2.75) is 26.0 Å². The molecular formula is C10H15N3O3. The molecule has 3 N–H and O–H groups in total. The molecule has 88 valence electrons. The molecule has 0 amide bonds. The third-order valence-electron chi connectivity index (χ3n) is 2.17. The van der Waals surface area contributed by atoms with Crippen LogP contribution in [-0.4, -0.2) is 38.8 Å². The summed E-state index contributed by atoms with van der Waals surface area (Å²) < 4.78 is 0. The zero-order valence-corrected chi connectivity index (χ0v) is 9.05. The van der Waals surface area contributed by atoms with Crippen LogP contribution in [0.5, 0.6) is 0 Å².